The Balaban J connectivity index is 2.34. The molecular formula is C22H20. The van der Waals surface area contributed by atoms with Crippen molar-refractivity contribution < 1.29 is 0 Å². The van der Waals surface area contributed by atoms with Gasteiger partial charge in [0.1, 0.15) is 0 Å². The van der Waals surface area contributed by atoms with Crippen molar-refractivity contribution in [3.8, 4) is 0 Å². The Morgan fingerprint density at radius 2 is 0.864 bits per heavy atom. The fraction of sp³-hybridized carbons (Fsp3) is 0.0909. The second-order valence-corrected chi connectivity index (χ2v) is 5.41. The van der Waals surface area contributed by atoms with Crippen molar-refractivity contribution in [3.63, 3.8) is 0 Å². The molecule has 0 aromatic heterocycles. The molecule has 3 aromatic carbocycles. The van der Waals surface area contributed by atoms with Gasteiger partial charge in [0.05, 0.1) is 5.41 Å². The van der Waals surface area contributed by atoms with E-state index in [0.717, 1.165) is 0 Å². The van der Waals surface area contributed by atoms with Gasteiger partial charge in [0.2, 0.25) is 0 Å². The fourth-order valence-electron chi connectivity index (χ4n) is 3.14. The van der Waals surface area contributed by atoms with Gasteiger partial charge in [-0.15, -0.1) is 0 Å². The van der Waals surface area contributed by atoms with Gasteiger partial charge < -0.3 is 0 Å². The second-order valence-electron chi connectivity index (χ2n) is 5.41. The van der Waals surface area contributed by atoms with Gasteiger partial charge in [0, 0.05) is 0 Å². The molecular weight excluding hydrogens is 264 g/mol. The first-order valence-corrected chi connectivity index (χ1v) is 7.68. The van der Waals surface area contributed by atoms with Crippen LogP contribution in [0.3, 0.4) is 0 Å². The molecule has 0 saturated heterocycles. The molecule has 0 heterocycles. The summed E-state index contributed by atoms with van der Waals surface area (Å²) in [5.41, 5.74) is 3.60. The van der Waals surface area contributed by atoms with Gasteiger partial charge in [0.15, 0.2) is 0 Å². The molecule has 0 nitrogen and oxygen atoms in total. The molecule has 0 aliphatic rings. The highest BCUT2D eigenvalue weighted by atomic mass is 14.3. The van der Waals surface area contributed by atoms with Gasteiger partial charge >= 0.3 is 0 Å². The van der Waals surface area contributed by atoms with Crippen molar-refractivity contribution in [1.82, 2.24) is 0 Å². The van der Waals surface area contributed by atoms with Gasteiger partial charge in [-0.1, -0.05) is 103 Å². The van der Waals surface area contributed by atoms with E-state index in [1.807, 2.05) is 0 Å². The Labute approximate surface area is 132 Å². The molecule has 0 amide bonds. The average molecular weight is 284 g/mol. The summed E-state index contributed by atoms with van der Waals surface area (Å²) in [6, 6.07) is 32.1. The maximum atomic E-state index is 2.30. The lowest BCUT2D eigenvalue weighted by molar-refractivity contribution is 0.777. The number of benzene rings is 3. The minimum Gasteiger partial charge on any atom is -0.0901 e. The van der Waals surface area contributed by atoms with Crippen LogP contribution in [0.1, 0.15) is 23.6 Å². The highest BCUT2D eigenvalue weighted by Gasteiger charge is 2.33. The minimum absolute atomic E-state index is 0.251. The Morgan fingerprint density at radius 1 is 0.545 bits per heavy atom. The SMILES string of the molecule is C/C=C/C(c1ccccc1)(c1ccccc1)c1ccccc1. The van der Waals surface area contributed by atoms with Crippen molar-refractivity contribution in [2.24, 2.45) is 0 Å². The van der Waals surface area contributed by atoms with Crippen LogP contribution in [0.25, 0.3) is 0 Å². The maximum absolute atomic E-state index is 2.30. The van der Waals surface area contributed by atoms with Crippen molar-refractivity contribution in [3.05, 3.63) is 120 Å². The number of hydrogen-bond acceptors (Lipinski definition) is 0. The fourth-order valence-corrected chi connectivity index (χ4v) is 3.14. The largest absolute Gasteiger partial charge is 0.0901 e. The van der Waals surface area contributed by atoms with Crippen LogP contribution in [-0.2, 0) is 5.41 Å². The van der Waals surface area contributed by atoms with Gasteiger partial charge in [-0.25, -0.2) is 0 Å². The Morgan fingerprint density at radius 3 is 1.14 bits per heavy atom. The number of allylic oxidation sites excluding steroid dienone is 2. The average Bonchev–Trinajstić information content (AvgIpc) is 2.62. The molecule has 108 valence electrons. The molecule has 22 heavy (non-hydrogen) atoms. The van der Waals surface area contributed by atoms with Crippen LogP contribution in [0.4, 0.5) is 0 Å². The molecule has 3 rings (SSSR count). The highest BCUT2D eigenvalue weighted by molar-refractivity contribution is 5.54. The van der Waals surface area contributed by atoms with Crippen LogP contribution < -0.4 is 0 Å². The minimum atomic E-state index is -0.251. The summed E-state index contributed by atoms with van der Waals surface area (Å²) < 4.78 is 0. The van der Waals surface area contributed by atoms with Crippen molar-refractivity contribution >= 4 is 0 Å². The van der Waals surface area contributed by atoms with E-state index in [4.69, 9.17) is 0 Å². The number of hydrogen-bond donors (Lipinski definition) is 0. The van der Waals surface area contributed by atoms with E-state index >= 15 is 0 Å². The van der Waals surface area contributed by atoms with E-state index in [1.54, 1.807) is 0 Å². The van der Waals surface area contributed by atoms with Crippen LogP contribution in [0.15, 0.2) is 103 Å². The Kier molecular flexibility index (Phi) is 4.20. The Hall–Kier alpha value is -2.60. The third kappa shape index (κ3) is 2.48. The van der Waals surface area contributed by atoms with Gasteiger partial charge in [-0.3, -0.25) is 0 Å². The van der Waals surface area contributed by atoms with Crippen LogP contribution in [0, 0.1) is 0 Å². The van der Waals surface area contributed by atoms with Crippen LogP contribution >= 0.6 is 0 Å². The van der Waals surface area contributed by atoms with E-state index in [9.17, 15) is 0 Å². The first kappa shape index (κ1) is 14.3. The summed E-state index contributed by atoms with van der Waals surface area (Å²) in [7, 11) is 0. The standard InChI is InChI=1S/C22H20/c1-2-18-22(19-12-6-3-7-13-19,20-14-8-4-9-15-20)21-16-10-5-11-17-21/h2-18H,1H3/b18-2+. The summed E-state index contributed by atoms with van der Waals surface area (Å²) >= 11 is 0. The summed E-state index contributed by atoms with van der Waals surface area (Å²) in [5.74, 6) is 0. The van der Waals surface area contributed by atoms with E-state index in [2.05, 4.69) is 110 Å². The predicted octanol–water partition coefficient (Wildman–Crippen LogP) is 5.60. The van der Waals surface area contributed by atoms with Gasteiger partial charge in [-0.05, 0) is 23.6 Å². The molecule has 0 N–H and O–H groups in total. The Bertz CT molecular complexity index is 628. The smallest absolute Gasteiger partial charge is 0.0632 e. The first-order valence-electron chi connectivity index (χ1n) is 7.68. The van der Waals surface area contributed by atoms with Gasteiger partial charge in [-0.2, -0.15) is 0 Å². The molecule has 0 aliphatic heterocycles. The molecule has 0 spiro atoms. The molecule has 0 fully saturated rings. The zero-order valence-corrected chi connectivity index (χ0v) is 12.8. The van der Waals surface area contributed by atoms with Crippen molar-refractivity contribution in [2.45, 2.75) is 12.3 Å². The molecule has 0 atom stereocenters. The predicted molar refractivity (Wildman–Crippen MR) is 94.0 cm³/mol. The lowest BCUT2D eigenvalue weighted by Gasteiger charge is -2.33. The first-order chi connectivity index (χ1) is 10.9. The summed E-state index contributed by atoms with van der Waals surface area (Å²) in [6.07, 6.45) is 4.44. The van der Waals surface area contributed by atoms with Crippen molar-refractivity contribution in [1.29, 1.82) is 0 Å². The molecule has 0 saturated carbocycles. The maximum Gasteiger partial charge on any atom is 0.0632 e. The lowest BCUT2D eigenvalue weighted by atomic mass is 9.69. The molecule has 0 radical (unpaired) electrons. The molecule has 0 aliphatic carbocycles. The molecule has 0 bridgehead atoms. The topological polar surface area (TPSA) is 0 Å². The quantitative estimate of drug-likeness (QED) is 0.432. The van der Waals surface area contributed by atoms with E-state index < -0.39 is 0 Å². The molecule has 3 aromatic rings. The van der Waals surface area contributed by atoms with Crippen molar-refractivity contribution in [2.75, 3.05) is 0 Å². The highest BCUT2D eigenvalue weighted by Crippen LogP contribution is 2.40. The van der Waals surface area contributed by atoms with E-state index in [0.29, 0.717) is 0 Å². The monoisotopic (exact) mass is 284 g/mol. The zero-order valence-electron chi connectivity index (χ0n) is 12.8. The van der Waals surface area contributed by atoms with E-state index in [1.165, 1.54) is 16.7 Å². The van der Waals surface area contributed by atoms with Crippen LogP contribution in [-0.4, -0.2) is 0 Å². The third-order valence-corrected chi connectivity index (χ3v) is 4.10. The summed E-state index contributed by atoms with van der Waals surface area (Å²) in [4.78, 5) is 0. The van der Waals surface area contributed by atoms with Crippen LogP contribution in [0.5, 0.6) is 0 Å². The van der Waals surface area contributed by atoms with Gasteiger partial charge in [0.25, 0.3) is 0 Å². The third-order valence-electron chi connectivity index (χ3n) is 4.10. The normalized spacial score (nSPS) is 11.7. The second kappa shape index (κ2) is 6.44. The summed E-state index contributed by atoms with van der Waals surface area (Å²) in [5, 5.41) is 0. The van der Waals surface area contributed by atoms with Crippen LogP contribution in [0.2, 0.25) is 0 Å². The number of rotatable bonds is 4. The summed E-state index contributed by atoms with van der Waals surface area (Å²) in [6.45, 7) is 2.09. The van der Waals surface area contributed by atoms with E-state index in [-0.39, 0.29) is 5.41 Å². The molecule has 0 unspecified atom stereocenters. The zero-order chi connectivity index (χ0) is 15.3. The lowest BCUT2D eigenvalue weighted by Crippen LogP contribution is -2.26. The molecule has 0 heteroatoms.